The Morgan fingerprint density at radius 2 is 2.28 bits per heavy atom. The summed E-state index contributed by atoms with van der Waals surface area (Å²) in [5.41, 5.74) is 0. The van der Waals surface area contributed by atoms with E-state index in [4.69, 9.17) is 4.74 Å². The average Bonchev–Trinajstić information content (AvgIpc) is 2.82. The van der Waals surface area contributed by atoms with E-state index < -0.39 is 10.0 Å². The lowest BCUT2D eigenvalue weighted by Crippen LogP contribution is -2.38. The summed E-state index contributed by atoms with van der Waals surface area (Å²) in [7, 11) is -3.46. The van der Waals surface area contributed by atoms with Crippen LogP contribution in [0.1, 0.15) is 13.3 Å². The van der Waals surface area contributed by atoms with Gasteiger partial charge in [-0.15, -0.1) is 0 Å². The van der Waals surface area contributed by atoms with E-state index in [1.165, 1.54) is 0 Å². The third-order valence-corrected chi connectivity index (χ3v) is 5.17. The highest BCUT2D eigenvalue weighted by Crippen LogP contribution is 2.20. The number of halogens is 1. The summed E-state index contributed by atoms with van der Waals surface area (Å²) < 4.78 is 33.1. The van der Waals surface area contributed by atoms with Gasteiger partial charge < -0.3 is 4.74 Å². The predicted octanol–water partition coefficient (Wildman–Crippen LogP) is 2.15. The topological polar surface area (TPSA) is 55.4 Å². The third kappa shape index (κ3) is 3.32. The van der Waals surface area contributed by atoms with Crippen molar-refractivity contribution in [3.05, 3.63) is 28.7 Å². The summed E-state index contributed by atoms with van der Waals surface area (Å²) in [6.07, 6.45) is 0.905. The smallest absolute Gasteiger partial charge is 0.240 e. The molecule has 0 amide bonds. The predicted molar refractivity (Wildman–Crippen MR) is 72.9 cm³/mol. The van der Waals surface area contributed by atoms with Crippen LogP contribution in [0.15, 0.2) is 33.6 Å². The normalized spacial score (nSPS) is 22.0. The van der Waals surface area contributed by atoms with Crippen molar-refractivity contribution in [2.24, 2.45) is 5.92 Å². The minimum absolute atomic E-state index is 0.114. The van der Waals surface area contributed by atoms with Crippen LogP contribution in [0.4, 0.5) is 0 Å². The van der Waals surface area contributed by atoms with Gasteiger partial charge in [-0.3, -0.25) is 0 Å². The molecule has 100 valence electrons. The minimum Gasteiger partial charge on any atom is -0.381 e. The van der Waals surface area contributed by atoms with Crippen LogP contribution < -0.4 is 4.72 Å². The lowest BCUT2D eigenvalue weighted by Gasteiger charge is -2.19. The van der Waals surface area contributed by atoms with Gasteiger partial charge in [0.15, 0.2) is 0 Å². The van der Waals surface area contributed by atoms with Crippen molar-refractivity contribution >= 4 is 26.0 Å². The molecule has 2 unspecified atom stereocenters. The summed E-state index contributed by atoms with van der Waals surface area (Å²) >= 11 is 3.27. The van der Waals surface area contributed by atoms with E-state index in [9.17, 15) is 8.42 Å². The Labute approximate surface area is 116 Å². The Morgan fingerprint density at radius 1 is 1.50 bits per heavy atom. The van der Waals surface area contributed by atoms with E-state index in [0.717, 1.165) is 10.9 Å². The van der Waals surface area contributed by atoms with Crippen molar-refractivity contribution in [3.8, 4) is 0 Å². The second-order valence-electron chi connectivity index (χ2n) is 4.49. The molecule has 6 heteroatoms. The van der Waals surface area contributed by atoms with Crippen LogP contribution in [0.2, 0.25) is 0 Å². The second-order valence-corrected chi connectivity index (χ2v) is 7.12. The van der Waals surface area contributed by atoms with Gasteiger partial charge in [0, 0.05) is 23.0 Å². The molecule has 0 aliphatic carbocycles. The fourth-order valence-corrected chi connectivity index (χ4v) is 3.90. The fraction of sp³-hybridized carbons (Fsp3) is 0.500. The van der Waals surface area contributed by atoms with Crippen LogP contribution >= 0.6 is 15.9 Å². The van der Waals surface area contributed by atoms with Crippen molar-refractivity contribution in [2.75, 3.05) is 13.2 Å². The van der Waals surface area contributed by atoms with Crippen LogP contribution in [0.25, 0.3) is 0 Å². The van der Waals surface area contributed by atoms with E-state index in [-0.39, 0.29) is 16.9 Å². The first-order valence-corrected chi connectivity index (χ1v) is 8.12. The Balaban J connectivity index is 2.11. The van der Waals surface area contributed by atoms with Crippen LogP contribution in [0, 0.1) is 5.92 Å². The summed E-state index contributed by atoms with van der Waals surface area (Å²) in [6, 6.07) is 6.58. The molecule has 0 aromatic heterocycles. The van der Waals surface area contributed by atoms with Gasteiger partial charge in [-0.05, 0) is 31.5 Å². The molecule has 2 rings (SSSR count). The number of ether oxygens (including phenoxy) is 1. The highest BCUT2D eigenvalue weighted by molar-refractivity contribution is 9.10. The van der Waals surface area contributed by atoms with E-state index in [1.54, 1.807) is 24.3 Å². The molecule has 1 aromatic carbocycles. The molecule has 0 bridgehead atoms. The quantitative estimate of drug-likeness (QED) is 0.918. The van der Waals surface area contributed by atoms with E-state index in [2.05, 4.69) is 20.7 Å². The third-order valence-electron chi connectivity index (χ3n) is 3.12. The van der Waals surface area contributed by atoms with Gasteiger partial charge in [0.25, 0.3) is 0 Å². The highest BCUT2D eigenvalue weighted by atomic mass is 79.9. The molecule has 2 atom stereocenters. The van der Waals surface area contributed by atoms with Crippen LogP contribution in [-0.4, -0.2) is 27.7 Å². The summed E-state index contributed by atoms with van der Waals surface area (Å²) in [5.74, 6) is 0.256. The second kappa shape index (κ2) is 5.69. The fourth-order valence-electron chi connectivity index (χ4n) is 1.99. The van der Waals surface area contributed by atoms with E-state index >= 15 is 0 Å². The Hall–Kier alpha value is -0.430. The van der Waals surface area contributed by atoms with E-state index in [0.29, 0.717) is 13.2 Å². The van der Waals surface area contributed by atoms with Crippen LogP contribution in [-0.2, 0) is 14.8 Å². The number of hydrogen-bond donors (Lipinski definition) is 1. The first-order chi connectivity index (χ1) is 8.49. The van der Waals surface area contributed by atoms with Gasteiger partial charge in [0.2, 0.25) is 10.0 Å². The molecule has 1 heterocycles. The first-order valence-electron chi connectivity index (χ1n) is 5.85. The summed E-state index contributed by atoms with van der Waals surface area (Å²) in [5, 5.41) is 0. The zero-order valence-corrected chi connectivity index (χ0v) is 12.5. The standard InChI is InChI=1S/C12H16BrNO3S/c1-9(10-5-6-17-8-10)14-18(15,16)12-4-2-3-11(13)7-12/h2-4,7,9-10,14H,5-6,8H2,1H3. The van der Waals surface area contributed by atoms with Crippen LogP contribution in [0.3, 0.4) is 0 Å². The van der Waals surface area contributed by atoms with Gasteiger partial charge in [-0.2, -0.15) is 0 Å². The van der Waals surface area contributed by atoms with E-state index in [1.807, 2.05) is 6.92 Å². The number of nitrogens with one attached hydrogen (secondary N) is 1. The monoisotopic (exact) mass is 333 g/mol. The molecule has 0 spiro atoms. The molecule has 4 nitrogen and oxygen atoms in total. The number of benzene rings is 1. The van der Waals surface area contributed by atoms with Crippen molar-refractivity contribution in [1.29, 1.82) is 0 Å². The molecular formula is C12H16BrNO3S. The lowest BCUT2D eigenvalue weighted by molar-refractivity contribution is 0.180. The molecule has 1 fully saturated rings. The molecule has 1 aromatic rings. The van der Waals surface area contributed by atoms with Gasteiger partial charge in [0.1, 0.15) is 0 Å². The molecule has 18 heavy (non-hydrogen) atoms. The van der Waals surface area contributed by atoms with Crippen LogP contribution in [0.5, 0.6) is 0 Å². The minimum atomic E-state index is -3.46. The maximum Gasteiger partial charge on any atom is 0.240 e. The Kier molecular flexibility index (Phi) is 4.42. The molecule has 0 radical (unpaired) electrons. The van der Waals surface area contributed by atoms with Gasteiger partial charge in [-0.1, -0.05) is 22.0 Å². The average molecular weight is 334 g/mol. The Bertz CT molecular complexity index is 512. The number of rotatable bonds is 4. The maximum atomic E-state index is 12.2. The molecular weight excluding hydrogens is 318 g/mol. The van der Waals surface area contributed by atoms with Crippen molar-refractivity contribution in [3.63, 3.8) is 0 Å². The lowest BCUT2D eigenvalue weighted by atomic mass is 10.0. The van der Waals surface area contributed by atoms with Gasteiger partial charge in [0.05, 0.1) is 11.5 Å². The van der Waals surface area contributed by atoms with Crippen molar-refractivity contribution in [1.82, 2.24) is 4.72 Å². The van der Waals surface area contributed by atoms with Gasteiger partial charge in [-0.25, -0.2) is 13.1 Å². The van der Waals surface area contributed by atoms with Gasteiger partial charge >= 0.3 is 0 Å². The first kappa shape index (κ1) is 14.0. The SMILES string of the molecule is CC(NS(=O)(=O)c1cccc(Br)c1)C1CCOC1. The Morgan fingerprint density at radius 3 is 2.89 bits per heavy atom. The highest BCUT2D eigenvalue weighted by Gasteiger charge is 2.26. The summed E-state index contributed by atoms with van der Waals surface area (Å²) in [4.78, 5) is 0.280. The summed E-state index contributed by atoms with van der Waals surface area (Å²) in [6.45, 7) is 3.23. The number of hydrogen-bond acceptors (Lipinski definition) is 3. The maximum absolute atomic E-state index is 12.2. The zero-order chi connectivity index (χ0) is 13.2. The molecule has 1 N–H and O–H groups in total. The zero-order valence-electron chi connectivity index (χ0n) is 10.1. The molecule has 1 aliphatic rings. The van der Waals surface area contributed by atoms with Crippen molar-refractivity contribution in [2.45, 2.75) is 24.3 Å². The molecule has 1 aliphatic heterocycles. The largest absolute Gasteiger partial charge is 0.381 e. The van der Waals surface area contributed by atoms with Crippen molar-refractivity contribution < 1.29 is 13.2 Å². The number of sulfonamides is 1. The molecule has 1 saturated heterocycles. The molecule has 0 saturated carbocycles.